The van der Waals surface area contributed by atoms with Gasteiger partial charge < -0.3 is 24.2 Å². The highest BCUT2D eigenvalue weighted by Crippen LogP contribution is 2.40. The monoisotopic (exact) mass is 500 g/mol. The molecule has 35 heavy (non-hydrogen) atoms. The van der Waals surface area contributed by atoms with E-state index in [0.29, 0.717) is 48.8 Å². The Hall–Kier alpha value is -3.07. The van der Waals surface area contributed by atoms with E-state index < -0.39 is 17.7 Å². The SMILES string of the molecule is COc1ccc([C@H]2/C(=C(\O)c3ccc(OC)c(Cl)c3)C(=O)C(=O)N2CCCN2CCOCC2)cc1. The molecule has 2 aromatic rings. The number of hydrogen-bond acceptors (Lipinski definition) is 7. The Morgan fingerprint density at radius 1 is 1.06 bits per heavy atom. The lowest BCUT2D eigenvalue weighted by Gasteiger charge is -2.29. The van der Waals surface area contributed by atoms with E-state index in [1.54, 1.807) is 48.4 Å². The summed E-state index contributed by atoms with van der Waals surface area (Å²) in [6.07, 6.45) is 0.689. The molecule has 8 nitrogen and oxygen atoms in total. The fourth-order valence-corrected chi connectivity index (χ4v) is 4.76. The Kier molecular flexibility index (Phi) is 7.95. The van der Waals surface area contributed by atoms with E-state index in [4.69, 9.17) is 25.8 Å². The standard InChI is InChI=1S/C26H29ClN2O6/c1-33-19-7-4-17(5-8-19)23-22(24(30)18-6-9-21(34-2)20(27)16-18)25(31)26(32)29(23)11-3-10-28-12-14-35-15-13-28/h4-9,16,23,30H,3,10-15H2,1-2H3/b24-22+/t23-/m0/s1. The molecule has 0 spiro atoms. The van der Waals surface area contributed by atoms with Crippen LogP contribution in [-0.4, -0.2) is 80.2 Å². The molecule has 0 aliphatic carbocycles. The van der Waals surface area contributed by atoms with Crippen LogP contribution in [-0.2, 0) is 14.3 Å². The summed E-state index contributed by atoms with van der Waals surface area (Å²) in [6.45, 7) is 4.24. The number of likely N-dealkylation sites (tertiary alicyclic amines) is 1. The predicted molar refractivity (Wildman–Crippen MR) is 132 cm³/mol. The highest BCUT2D eigenvalue weighted by molar-refractivity contribution is 6.46. The number of methoxy groups -OCH3 is 2. The second-order valence-electron chi connectivity index (χ2n) is 8.42. The minimum Gasteiger partial charge on any atom is -0.507 e. The molecule has 2 aromatic carbocycles. The second kappa shape index (κ2) is 11.1. The first-order chi connectivity index (χ1) is 16.9. The molecule has 186 valence electrons. The van der Waals surface area contributed by atoms with E-state index in [-0.39, 0.29) is 16.4 Å². The molecule has 2 aliphatic rings. The molecule has 2 saturated heterocycles. The van der Waals surface area contributed by atoms with Gasteiger partial charge in [0.25, 0.3) is 11.7 Å². The first kappa shape index (κ1) is 25.0. The number of carbonyl (C=O) groups excluding carboxylic acids is 2. The lowest BCUT2D eigenvalue weighted by Crippen LogP contribution is -2.38. The molecule has 2 aliphatic heterocycles. The molecular formula is C26H29ClN2O6. The smallest absolute Gasteiger partial charge is 0.295 e. The third kappa shape index (κ3) is 5.29. The van der Waals surface area contributed by atoms with Crippen LogP contribution in [0, 0.1) is 0 Å². The number of rotatable bonds is 8. The van der Waals surface area contributed by atoms with Crippen molar-refractivity contribution in [3.8, 4) is 11.5 Å². The predicted octanol–water partition coefficient (Wildman–Crippen LogP) is 3.50. The summed E-state index contributed by atoms with van der Waals surface area (Å²) >= 11 is 6.25. The van der Waals surface area contributed by atoms with Crippen molar-refractivity contribution < 1.29 is 28.9 Å². The minimum atomic E-state index is -0.730. The summed E-state index contributed by atoms with van der Waals surface area (Å²) in [5.74, 6) is -0.529. The van der Waals surface area contributed by atoms with Crippen LogP contribution in [0.25, 0.3) is 5.76 Å². The number of carbonyl (C=O) groups is 2. The fourth-order valence-electron chi connectivity index (χ4n) is 4.50. The van der Waals surface area contributed by atoms with E-state index in [2.05, 4.69) is 4.90 Å². The average Bonchev–Trinajstić information content (AvgIpc) is 3.14. The van der Waals surface area contributed by atoms with Crippen molar-refractivity contribution in [3.05, 3.63) is 64.2 Å². The van der Waals surface area contributed by atoms with Crippen LogP contribution in [0.15, 0.2) is 48.0 Å². The molecule has 0 saturated carbocycles. The number of aliphatic hydroxyl groups is 1. The van der Waals surface area contributed by atoms with Gasteiger partial charge in [-0.15, -0.1) is 0 Å². The molecule has 0 aromatic heterocycles. The number of amides is 1. The molecular weight excluding hydrogens is 472 g/mol. The minimum absolute atomic E-state index is 0.0350. The number of ether oxygens (including phenoxy) is 3. The number of ketones is 1. The van der Waals surface area contributed by atoms with E-state index >= 15 is 0 Å². The maximum absolute atomic E-state index is 13.2. The van der Waals surface area contributed by atoms with Gasteiger partial charge in [-0.25, -0.2) is 0 Å². The summed E-state index contributed by atoms with van der Waals surface area (Å²) in [5.41, 5.74) is 1.07. The molecule has 2 heterocycles. The first-order valence-electron chi connectivity index (χ1n) is 11.5. The Bertz CT molecular complexity index is 1110. The molecule has 0 bridgehead atoms. The van der Waals surface area contributed by atoms with Gasteiger partial charge in [0.2, 0.25) is 0 Å². The largest absolute Gasteiger partial charge is 0.507 e. The van der Waals surface area contributed by atoms with Crippen LogP contribution in [0.1, 0.15) is 23.6 Å². The van der Waals surface area contributed by atoms with Crippen LogP contribution >= 0.6 is 11.6 Å². The summed E-state index contributed by atoms with van der Waals surface area (Å²) in [7, 11) is 3.06. The van der Waals surface area contributed by atoms with Crippen molar-refractivity contribution in [1.82, 2.24) is 9.80 Å². The third-order valence-electron chi connectivity index (χ3n) is 6.37. The van der Waals surface area contributed by atoms with E-state index in [1.807, 2.05) is 0 Å². The zero-order valence-electron chi connectivity index (χ0n) is 19.8. The van der Waals surface area contributed by atoms with Gasteiger partial charge in [0.15, 0.2) is 0 Å². The Labute approximate surface area is 209 Å². The quantitative estimate of drug-likeness (QED) is 0.337. The molecule has 9 heteroatoms. The van der Waals surface area contributed by atoms with Crippen molar-refractivity contribution in [3.63, 3.8) is 0 Å². The zero-order valence-corrected chi connectivity index (χ0v) is 20.6. The lowest BCUT2D eigenvalue weighted by atomic mass is 9.95. The molecule has 2 fully saturated rings. The fraction of sp³-hybridized carbons (Fsp3) is 0.385. The number of morpholine rings is 1. The van der Waals surface area contributed by atoms with Gasteiger partial charge in [-0.1, -0.05) is 23.7 Å². The van der Waals surface area contributed by atoms with E-state index in [0.717, 1.165) is 19.6 Å². The van der Waals surface area contributed by atoms with Crippen molar-refractivity contribution in [2.24, 2.45) is 0 Å². The number of Topliss-reactive ketones (excluding diaryl/α,β-unsaturated/α-hetero) is 1. The second-order valence-corrected chi connectivity index (χ2v) is 8.83. The molecule has 1 N–H and O–H groups in total. The average molecular weight is 501 g/mol. The summed E-state index contributed by atoms with van der Waals surface area (Å²) in [4.78, 5) is 30.1. The van der Waals surface area contributed by atoms with Gasteiger partial charge in [-0.2, -0.15) is 0 Å². The Balaban J connectivity index is 1.69. The van der Waals surface area contributed by atoms with Gasteiger partial charge in [0.05, 0.1) is 44.1 Å². The van der Waals surface area contributed by atoms with Gasteiger partial charge in [0, 0.05) is 31.7 Å². The number of hydrogen-bond donors (Lipinski definition) is 1. The van der Waals surface area contributed by atoms with Crippen molar-refractivity contribution in [2.45, 2.75) is 12.5 Å². The highest BCUT2D eigenvalue weighted by atomic mass is 35.5. The number of nitrogens with zero attached hydrogens (tertiary/aromatic N) is 2. The maximum Gasteiger partial charge on any atom is 0.295 e. The lowest BCUT2D eigenvalue weighted by molar-refractivity contribution is -0.140. The van der Waals surface area contributed by atoms with Crippen LogP contribution in [0.2, 0.25) is 5.02 Å². The van der Waals surface area contributed by atoms with Crippen molar-refractivity contribution >= 4 is 29.1 Å². The van der Waals surface area contributed by atoms with Crippen LogP contribution in [0.5, 0.6) is 11.5 Å². The maximum atomic E-state index is 13.2. The van der Waals surface area contributed by atoms with E-state index in [1.165, 1.54) is 13.2 Å². The molecule has 0 unspecified atom stereocenters. The zero-order chi connectivity index (χ0) is 24.9. The molecule has 4 rings (SSSR count). The van der Waals surface area contributed by atoms with Gasteiger partial charge in [-0.3, -0.25) is 14.5 Å². The Morgan fingerprint density at radius 3 is 2.40 bits per heavy atom. The first-order valence-corrected chi connectivity index (χ1v) is 11.9. The van der Waals surface area contributed by atoms with Crippen molar-refractivity contribution in [2.75, 3.05) is 53.6 Å². The molecule has 1 amide bonds. The topological polar surface area (TPSA) is 88.5 Å². The number of benzene rings is 2. The van der Waals surface area contributed by atoms with E-state index in [9.17, 15) is 14.7 Å². The van der Waals surface area contributed by atoms with Crippen LogP contribution in [0.3, 0.4) is 0 Å². The summed E-state index contributed by atoms with van der Waals surface area (Å²) in [5, 5.41) is 11.5. The van der Waals surface area contributed by atoms with Crippen LogP contribution < -0.4 is 9.47 Å². The summed E-state index contributed by atoms with van der Waals surface area (Å²) in [6, 6.07) is 11.2. The normalized spacial score (nSPS) is 20.3. The van der Waals surface area contributed by atoms with Gasteiger partial charge in [0.1, 0.15) is 17.3 Å². The van der Waals surface area contributed by atoms with Gasteiger partial charge >= 0.3 is 0 Å². The third-order valence-corrected chi connectivity index (χ3v) is 6.67. The van der Waals surface area contributed by atoms with Gasteiger partial charge in [-0.05, 0) is 42.3 Å². The van der Waals surface area contributed by atoms with Crippen molar-refractivity contribution in [1.29, 1.82) is 0 Å². The van der Waals surface area contributed by atoms with Crippen LogP contribution in [0.4, 0.5) is 0 Å². The summed E-state index contributed by atoms with van der Waals surface area (Å²) < 4.78 is 15.8. The molecule has 0 radical (unpaired) electrons. The number of aliphatic hydroxyl groups excluding tert-OH is 1. The Morgan fingerprint density at radius 2 is 1.77 bits per heavy atom. The number of halogens is 1. The highest BCUT2D eigenvalue weighted by Gasteiger charge is 2.45. The molecule has 1 atom stereocenters.